The number of nitrogens with one attached hydrogen (secondary N) is 1. The van der Waals surface area contributed by atoms with Gasteiger partial charge in [-0.25, -0.2) is 9.18 Å². The molecule has 6 heteroatoms. The molecule has 27 heavy (non-hydrogen) atoms. The predicted octanol–water partition coefficient (Wildman–Crippen LogP) is 4.53. The molecule has 1 N–H and O–H groups in total. The van der Waals surface area contributed by atoms with Gasteiger partial charge >= 0.3 is 5.97 Å². The monoisotopic (exact) mass is 389 g/mol. The fourth-order valence-corrected chi connectivity index (χ4v) is 2.63. The Morgan fingerprint density at radius 2 is 1.96 bits per heavy atom. The van der Waals surface area contributed by atoms with E-state index in [-0.39, 0.29) is 16.6 Å². The lowest BCUT2D eigenvalue weighted by molar-refractivity contribution is -0.144. The molecule has 0 saturated carbocycles. The second-order valence-corrected chi connectivity index (χ2v) is 6.62. The molecule has 2 rings (SSSR count). The van der Waals surface area contributed by atoms with E-state index in [1.165, 1.54) is 29.8 Å². The maximum absolute atomic E-state index is 13.6. The molecule has 0 fully saturated rings. The molecule has 0 radical (unpaired) electrons. The number of halogens is 2. The van der Waals surface area contributed by atoms with Crippen molar-refractivity contribution in [2.45, 2.75) is 26.8 Å². The Morgan fingerprint density at radius 1 is 1.22 bits per heavy atom. The van der Waals surface area contributed by atoms with Crippen LogP contribution in [0, 0.1) is 19.7 Å². The van der Waals surface area contributed by atoms with E-state index in [0.717, 1.165) is 17.2 Å². The van der Waals surface area contributed by atoms with Gasteiger partial charge in [0.05, 0.1) is 11.1 Å². The van der Waals surface area contributed by atoms with Gasteiger partial charge in [0.25, 0.3) is 5.91 Å². The van der Waals surface area contributed by atoms with Crippen LogP contribution in [-0.4, -0.2) is 18.5 Å². The molecular weight excluding hydrogens is 369 g/mol. The molecule has 4 nitrogen and oxygen atoms in total. The van der Waals surface area contributed by atoms with E-state index in [2.05, 4.69) is 5.32 Å². The molecule has 2 aromatic carbocycles. The number of ether oxygens (including phenoxy) is 1. The highest BCUT2D eigenvalue weighted by atomic mass is 35.5. The van der Waals surface area contributed by atoms with Gasteiger partial charge < -0.3 is 10.1 Å². The normalized spacial score (nSPS) is 12.0. The fourth-order valence-electron chi connectivity index (χ4n) is 2.41. The van der Waals surface area contributed by atoms with E-state index in [4.69, 9.17) is 16.3 Å². The van der Waals surface area contributed by atoms with E-state index >= 15 is 0 Å². The minimum Gasteiger partial charge on any atom is -0.452 e. The number of amides is 1. The molecule has 0 aromatic heterocycles. The molecule has 2 aromatic rings. The summed E-state index contributed by atoms with van der Waals surface area (Å²) >= 11 is 5.87. The Bertz CT molecular complexity index is 859. The highest BCUT2D eigenvalue weighted by Gasteiger charge is 2.12. The fraction of sp³-hybridized carbons (Fsp3) is 0.238. The third kappa shape index (κ3) is 5.93. The van der Waals surface area contributed by atoms with E-state index in [0.29, 0.717) is 0 Å². The summed E-state index contributed by atoms with van der Waals surface area (Å²) in [5.74, 6) is -1.73. The Labute approximate surface area is 163 Å². The van der Waals surface area contributed by atoms with Gasteiger partial charge in [0.2, 0.25) is 0 Å². The molecule has 0 aliphatic heterocycles. The molecule has 0 saturated heterocycles. The Hall–Kier alpha value is -2.66. The first-order valence-corrected chi connectivity index (χ1v) is 8.81. The number of benzene rings is 2. The summed E-state index contributed by atoms with van der Waals surface area (Å²) in [5, 5.41) is 2.95. The number of hydrogen-bond donors (Lipinski definition) is 1. The number of aryl methyl sites for hydroxylation is 2. The topological polar surface area (TPSA) is 55.4 Å². The Balaban J connectivity index is 1.86. The number of rotatable bonds is 6. The lowest BCUT2D eigenvalue weighted by atomic mass is 10.0. The van der Waals surface area contributed by atoms with E-state index in [1.54, 1.807) is 0 Å². The van der Waals surface area contributed by atoms with Gasteiger partial charge in [0.1, 0.15) is 5.82 Å². The zero-order valence-corrected chi connectivity index (χ0v) is 16.1. The summed E-state index contributed by atoms with van der Waals surface area (Å²) in [7, 11) is 0. The van der Waals surface area contributed by atoms with Crippen LogP contribution in [0.5, 0.6) is 0 Å². The molecular formula is C21H21ClFNO3. The van der Waals surface area contributed by atoms with Crippen LogP contribution in [-0.2, 0) is 14.3 Å². The van der Waals surface area contributed by atoms with Gasteiger partial charge in [0, 0.05) is 11.6 Å². The number of carbonyl (C=O) groups excluding carboxylic acids is 2. The minimum atomic E-state index is -0.761. The first-order valence-electron chi connectivity index (χ1n) is 8.43. The average Bonchev–Trinajstić information content (AvgIpc) is 2.61. The van der Waals surface area contributed by atoms with Crippen molar-refractivity contribution in [1.82, 2.24) is 5.32 Å². The third-order valence-electron chi connectivity index (χ3n) is 4.14. The van der Waals surface area contributed by atoms with Gasteiger partial charge in [-0.1, -0.05) is 35.9 Å². The van der Waals surface area contributed by atoms with Crippen LogP contribution in [0.2, 0.25) is 5.02 Å². The van der Waals surface area contributed by atoms with Crippen LogP contribution in [0.25, 0.3) is 6.08 Å². The molecule has 0 spiro atoms. The quantitative estimate of drug-likeness (QED) is 0.583. The van der Waals surface area contributed by atoms with Crippen LogP contribution in [0.3, 0.4) is 0 Å². The van der Waals surface area contributed by atoms with Crippen LogP contribution in [0.1, 0.15) is 35.2 Å². The zero-order valence-electron chi connectivity index (χ0n) is 15.4. The van der Waals surface area contributed by atoms with Crippen molar-refractivity contribution in [2.75, 3.05) is 6.61 Å². The van der Waals surface area contributed by atoms with E-state index in [1.807, 2.05) is 39.0 Å². The van der Waals surface area contributed by atoms with Gasteiger partial charge in [0.15, 0.2) is 6.61 Å². The van der Waals surface area contributed by atoms with Crippen LogP contribution < -0.4 is 5.32 Å². The highest BCUT2D eigenvalue weighted by Crippen LogP contribution is 2.20. The Kier molecular flexibility index (Phi) is 7.13. The zero-order chi connectivity index (χ0) is 20.0. The van der Waals surface area contributed by atoms with Crippen molar-refractivity contribution in [2.24, 2.45) is 0 Å². The second kappa shape index (κ2) is 9.33. The maximum atomic E-state index is 13.6. The lowest BCUT2D eigenvalue weighted by Crippen LogP contribution is -2.31. The molecule has 0 bridgehead atoms. The predicted molar refractivity (Wildman–Crippen MR) is 104 cm³/mol. The summed E-state index contributed by atoms with van der Waals surface area (Å²) in [6.45, 7) is 5.44. The van der Waals surface area contributed by atoms with Gasteiger partial charge in [-0.3, -0.25) is 4.79 Å². The molecule has 0 unspecified atom stereocenters. The van der Waals surface area contributed by atoms with Crippen molar-refractivity contribution in [3.8, 4) is 0 Å². The van der Waals surface area contributed by atoms with Crippen molar-refractivity contribution < 1.29 is 18.7 Å². The van der Waals surface area contributed by atoms with Crippen molar-refractivity contribution in [3.63, 3.8) is 0 Å². The summed E-state index contributed by atoms with van der Waals surface area (Å²) in [4.78, 5) is 23.7. The van der Waals surface area contributed by atoms with Gasteiger partial charge in [-0.15, -0.1) is 0 Å². The molecule has 142 valence electrons. The first-order chi connectivity index (χ1) is 12.8. The standard InChI is InChI=1S/C21H21ClFNO3/c1-13-7-8-16(11-14(13)2)15(3)24-20(25)12-27-21(26)10-9-17-18(22)5-4-6-19(17)23/h4-11,15H,12H2,1-3H3,(H,24,25)/b10-9+/t15-/m1/s1. The first kappa shape index (κ1) is 20.6. The number of hydrogen-bond acceptors (Lipinski definition) is 3. The molecule has 0 heterocycles. The smallest absolute Gasteiger partial charge is 0.331 e. The van der Waals surface area contributed by atoms with Crippen LogP contribution in [0.4, 0.5) is 4.39 Å². The van der Waals surface area contributed by atoms with E-state index < -0.39 is 24.3 Å². The molecule has 0 aliphatic rings. The van der Waals surface area contributed by atoms with Crippen molar-refractivity contribution in [1.29, 1.82) is 0 Å². The summed E-state index contributed by atoms with van der Waals surface area (Å²) in [5.41, 5.74) is 3.36. The lowest BCUT2D eigenvalue weighted by Gasteiger charge is -2.15. The van der Waals surface area contributed by atoms with E-state index in [9.17, 15) is 14.0 Å². The number of esters is 1. The largest absolute Gasteiger partial charge is 0.452 e. The molecule has 1 amide bonds. The van der Waals surface area contributed by atoms with Crippen LogP contribution in [0.15, 0.2) is 42.5 Å². The highest BCUT2D eigenvalue weighted by molar-refractivity contribution is 6.32. The second-order valence-electron chi connectivity index (χ2n) is 6.21. The minimum absolute atomic E-state index is 0.0870. The Morgan fingerprint density at radius 3 is 2.63 bits per heavy atom. The summed E-state index contributed by atoms with van der Waals surface area (Å²) in [6, 6.07) is 9.94. The van der Waals surface area contributed by atoms with Crippen molar-refractivity contribution in [3.05, 3.63) is 75.6 Å². The number of carbonyl (C=O) groups is 2. The SMILES string of the molecule is Cc1ccc([C@@H](C)NC(=O)COC(=O)/C=C/c2c(F)cccc2Cl)cc1C. The average molecular weight is 390 g/mol. The third-order valence-corrected chi connectivity index (χ3v) is 4.47. The summed E-state index contributed by atoms with van der Waals surface area (Å²) < 4.78 is 18.5. The van der Waals surface area contributed by atoms with Crippen LogP contribution >= 0.6 is 11.6 Å². The van der Waals surface area contributed by atoms with Gasteiger partial charge in [-0.2, -0.15) is 0 Å². The molecule has 1 atom stereocenters. The maximum Gasteiger partial charge on any atom is 0.331 e. The summed E-state index contributed by atoms with van der Waals surface area (Å²) in [6.07, 6.45) is 2.25. The van der Waals surface area contributed by atoms with Crippen molar-refractivity contribution >= 4 is 29.6 Å². The molecule has 0 aliphatic carbocycles. The van der Waals surface area contributed by atoms with Gasteiger partial charge in [-0.05, 0) is 55.7 Å².